The third kappa shape index (κ3) is 4.48. The van der Waals surface area contributed by atoms with Crippen LogP contribution in [0.25, 0.3) is 0 Å². The van der Waals surface area contributed by atoms with Crippen LogP contribution in [0.3, 0.4) is 0 Å². The maximum atomic E-state index is 12.9. The van der Waals surface area contributed by atoms with Crippen molar-refractivity contribution >= 4 is 11.8 Å². The molecule has 0 spiro atoms. The number of phenols is 1. The Morgan fingerprint density at radius 3 is 2.77 bits per heavy atom. The van der Waals surface area contributed by atoms with Crippen molar-refractivity contribution < 1.29 is 14.7 Å². The van der Waals surface area contributed by atoms with Crippen molar-refractivity contribution in [3.8, 4) is 5.75 Å². The van der Waals surface area contributed by atoms with Crippen LogP contribution in [-0.4, -0.2) is 49.7 Å². The lowest BCUT2D eigenvalue weighted by Gasteiger charge is -2.33. The van der Waals surface area contributed by atoms with Gasteiger partial charge < -0.3 is 15.3 Å². The molecule has 1 atom stereocenters. The molecular formula is C22H23N5O3. The maximum absolute atomic E-state index is 12.9. The summed E-state index contributed by atoms with van der Waals surface area (Å²) in [6, 6.07) is 11.8. The molecular weight excluding hydrogens is 382 g/mol. The number of fused-ring (bicyclic) bond motifs is 1. The van der Waals surface area contributed by atoms with Crippen LogP contribution in [-0.2, 0) is 17.8 Å². The fourth-order valence-corrected chi connectivity index (χ4v) is 3.70. The second-order valence-corrected chi connectivity index (χ2v) is 7.32. The highest BCUT2D eigenvalue weighted by molar-refractivity contribution is 5.94. The van der Waals surface area contributed by atoms with E-state index in [1.165, 1.54) is 12.1 Å². The van der Waals surface area contributed by atoms with Gasteiger partial charge in [-0.15, -0.1) is 0 Å². The molecule has 1 aliphatic heterocycles. The number of rotatable bonds is 6. The molecule has 2 N–H and O–H groups in total. The molecule has 0 saturated carbocycles. The van der Waals surface area contributed by atoms with Gasteiger partial charge in [0.2, 0.25) is 5.91 Å². The average Bonchev–Trinajstić information content (AvgIpc) is 3.23. The molecule has 1 aliphatic rings. The van der Waals surface area contributed by atoms with Gasteiger partial charge in [-0.2, -0.15) is 5.10 Å². The molecule has 30 heavy (non-hydrogen) atoms. The van der Waals surface area contributed by atoms with Crippen LogP contribution in [0, 0.1) is 0 Å². The molecule has 3 aromatic rings. The molecule has 8 nitrogen and oxygen atoms in total. The van der Waals surface area contributed by atoms with E-state index in [0.29, 0.717) is 25.2 Å². The molecule has 8 heteroatoms. The maximum Gasteiger partial charge on any atom is 0.254 e. The standard InChI is InChI=1S/C22H23N5O3/c28-20-3-1-2-17(12-20)22(30)26-14-18-7-11-25-27(18)19(15-26)13-21(29)24-10-6-16-4-8-23-9-5-16/h1-5,7-9,11-12,19,28H,6,10,13-15H2,(H,24,29)/t19-/m1/s1. The summed E-state index contributed by atoms with van der Waals surface area (Å²) in [7, 11) is 0. The second kappa shape index (κ2) is 8.77. The van der Waals surface area contributed by atoms with Crippen LogP contribution in [0.4, 0.5) is 0 Å². The summed E-state index contributed by atoms with van der Waals surface area (Å²) in [5.41, 5.74) is 2.41. The van der Waals surface area contributed by atoms with E-state index in [1.54, 1.807) is 35.6 Å². The first-order valence-corrected chi connectivity index (χ1v) is 9.86. The number of nitrogens with one attached hydrogen (secondary N) is 1. The summed E-state index contributed by atoms with van der Waals surface area (Å²) in [6.07, 6.45) is 6.11. The molecule has 154 valence electrons. The molecule has 0 saturated heterocycles. The molecule has 0 fully saturated rings. The van der Waals surface area contributed by atoms with Crippen LogP contribution in [0.15, 0.2) is 61.1 Å². The summed E-state index contributed by atoms with van der Waals surface area (Å²) < 4.78 is 1.83. The molecule has 0 bridgehead atoms. The number of benzene rings is 1. The van der Waals surface area contributed by atoms with E-state index in [-0.39, 0.29) is 30.0 Å². The summed E-state index contributed by atoms with van der Waals surface area (Å²) >= 11 is 0. The number of pyridine rings is 1. The topological polar surface area (TPSA) is 100 Å². The first-order valence-electron chi connectivity index (χ1n) is 9.86. The summed E-state index contributed by atoms with van der Waals surface area (Å²) in [5.74, 6) is -0.211. The SMILES string of the molecule is O=C(C[C@@H]1CN(C(=O)c2cccc(O)c2)Cc2ccnn21)NCCc1ccncc1. The third-order valence-corrected chi connectivity index (χ3v) is 5.17. The van der Waals surface area contributed by atoms with Crippen LogP contribution in [0.1, 0.15) is 34.1 Å². The van der Waals surface area contributed by atoms with Crippen molar-refractivity contribution in [3.05, 3.63) is 77.9 Å². The summed E-state index contributed by atoms with van der Waals surface area (Å²) in [6.45, 7) is 1.32. The van der Waals surface area contributed by atoms with Gasteiger partial charge in [0.1, 0.15) is 5.75 Å². The average molecular weight is 405 g/mol. The third-order valence-electron chi connectivity index (χ3n) is 5.17. The van der Waals surface area contributed by atoms with E-state index in [4.69, 9.17) is 0 Å². The first kappa shape index (κ1) is 19.6. The monoisotopic (exact) mass is 405 g/mol. The Bertz CT molecular complexity index is 1030. The van der Waals surface area contributed by atoms with E-state index in [0.717, 1.165) is 17.7 Å². The number of carbonyl (C=O) groups is 2. The minimum atomic E-state index is -0.245. The number of hydrogen-bond acceptors (Lipinski definition) is 5. The first-order chi connectivity index (χ1) is 14.6. The Hall–Kier alpha value is -3.68. The van der Waals surface area contributed by atoms with Crippen molar-refractivity contribution in [2.75, 3.05) is 13.1 Å². The van der Waals surface area contributed by atoms with E-state index in [2.05, 4.69) is 15.4 Å². The van der Waals surface area contributed by atoms with E-state index < -0.39 is 0 Å². The van der Waals surface area contributed by atoms with Gasteiger partial charge in [0.25, 0.3) is 5.91 Å². The summed E-state index contributed by atoms with van der Waals surface area (Å²) in [5, 5.41) is 17.0. The van der Waals surface area contributed by atoms with Crippen molar-refractivity contribution in [2.24, 2.45) is 0 Å². The quantitative estimate of drug-likeness (QED) is 0.653. The lowest BCUT2D eigenvalue weighted by molar-refractivity contribution is -0.122. The summed E-state index contributed by atoms with van der Waals surface area (Å²) in [4.78, 5) is 31.1. The normalized spacial score (nSPS) is 15.5. The van der Waals surface area contributed by atoms with Gasteiger partial charge >= 0.3 is 0 Å². The molecule has 0 unspecified atom stereocenters. The Kier molecular flexibility index (Phi) is 5.74. The Labute approximate surface area is 174 Å². The molecule has 2 amide bonds. The van der Waals surface area contributed by atoms with Gasteiger partial charge in [-0.1, -0.05) is 6.07 Å². The van der Waals surface area contributed by atoms with Gasteiger partial charge in [-0.25, -0.2) is 0 Å². The fourth-order valence-electron chi connectivity index (χ4n) is 3.70. The zero-order chi connectivity index (χ0) is 20.9. The van der Waals surface area contributed by atoms with Gasteiger partial charge in [0.05, 0.1) is 24.7 Å². The molecule has 1 aromatic carbocycles. The Balaban J connectivity index is 1.40. The van der Waals surface area contributed by atoms with Crippen LogP contribution < -0.4 is 5.32 Å². The zero-order valence-corrected chi connectivity index (χ0v) is 16.4. The molecule has 0 aliphatic carbocycles. The number of phenolic OH excluding ortho intramolecular Hbond substituents is 1. The van der Waals surface area contributed by atoms with Gasteiger partial charge in [0, 0.05) is 37.2 Å². The fraction of sp³-hybridized carbons (Fsp3) is 0.273. The Morgan fingerprint density at radius 2 is 1.97 bits per heavy atom. The van der Waals surface area contributed by atoms with Gasteiger partial charge in [-0.3, -0.25) is 19.3 Å². The van der Waals surface area contributed by atoms with E-state index >= 15 is 0 Å². The Morgan fingerprint density at radius 1 is 1.13 bits per heavy atom. The molecule has 0 radical (unpaired) electrons. The number of aromatic hydroxyl groups is 1. The number of aromatic nitrogens is 3. The van der Waals surface area contributed by atoms with Crippen molar-refractivity contribution in [1.29, 1.82) is 0 Å². The highest BCUT2D eigenvalue weighted by atomic mass is 16.3. The zero-order valence-electron chi connectivity index (χ0n) is 16.4. The van der Waals surface area contributed by atoms with E-state index in [9.17, 15) is 14.7 Å². The highest BCUT2D eigenvalue weighted by Crippen LogP contribution is 2.25. The highest BCUT2D eigenvalue weighted by Gasteiger charge is 2.30. The number of nitrogens with zero attached hydrogens (tertiary/aromatic N) is 4. The second-order valence-electron chi connectivity index (χ2n) is 7.32. The predicted molar refractivity (Wildman–Crippen MR) is 110 cm³/mol. The largest absolute Gasteiger partial charge is 0.508 e. The number of carbonyl (C=O) groups excluding carboxylic acids is 2. The predicted octanol–water partition coefficient (Wildman–Crippen LogP) is 1.93. The van der Waals surface area contributed by atoms with Crippen molar-refractivity contribution in [1.82, 2.24) is 25.0 Å². The van der Waals surface area contributed by atoms with E-state index in [1.807, 2.05) is 22.9 Å². The lowest BCUT2D eigenvalue weighted by Crippen LogP contribution is -2.43. The smallest absolute Gasteiger partial charge is 0.254 e. The van der Waals surface area contributed by atoms with Crippen LogP contribution >= 0.6 is 0 Å². The van der Waals surface area contributed by atoms with Crippen molar-refractivity contribution in [3.63, 3.8) is 0 Å². The van der Waals surface area contributed by atoms with Gasteiger partial charge in [0.15, 0.2) is 0 Å². The minimum absolute atomic E-state index is 0.0491. The van der Waals surface area contributed by atoms with Crippen LogP contribution in [0.2, 0.25) is 0 Å². The molecule has 3 heterocycles. The minimum Gasteiger partial charge on any atom is -0.508 e. The number of hydrogen-bond donors (Lipinski definition) is 2. The lowest BCUT2D eigenvalue weighted by atomic mass is 10.1. The van der Waals surface area contributed by atoms with Gasteiger partial charge in [-0.05, 0) is 48.4 Å². The number of amides is 2. The van der Waals surface area contributed by atoms with Crippen LogP contribution in [0.5, 0.6) is 5.75 Å². The molecule has 2 aromatic heterocycles. The van der Waals surface area contributed by atoms with Crippen molar-refractivity contribution in [2.45, 2.75) is 25.4 Å². The molecule has 4 rings (SSSR count).